The SMILES string of the molecule is COc1cccc([C@@H]2C(C(=O)OC(C)C)=C(C)N=C3SC=C(CC(=O)NCc4ccccc4)N32)c1OC. The molecule has 194 valence electrons. The molecule has 2 aromatic carbocycles. The normalized spacial score (nSPS) is 16.7. The number of amidine groups is 1. The summed E-state index contributed by atoms with van der Waals surface area (Å²) in [5, 5.41) is 5.57. The maximum Gasteiger partial charge on any atom is 0.338 e. The maximum atomic E-state index is 13.4. The summed E-state index contributed by atoms with van der Waals surface area (Å²) in [6, 6.07) is 14.7. The number of carbonyl (C=O) groups is 2. The Hall–Kier alpha value is -3.72. The van der Waals surface area contributed by atoms with Crippen LogP contribution in [0, 0.1) is 0 Å². The Morgan fingerprint density at radius 2 is 1.84 bits per heavy atom. The lowest BCUT2D eigenvalue weighted by Gasteiger charge is -2.37. The topological polar surface area (TPSA) is 89.5 Å². The highest BCUT2D eigenvalue weighted by Gasteiger charge is 2.43. The van der Waals surface area contributed by atoms with E-state index in [-0.39, 0.29) is 18.4 Å². The number of esters is 1. The molecule has 0 unspecified atom stereocenters. The van der Waals surface area contributed by atoms with E-state index in [2.05, 4.69) is 5.32 Å². The van der Waals surface area contributed by atoms with Crippen molar-refractivity contribution in [3.63, 3.8) is 0 Å². The molecule has 2 heterocycles. The van der Waals surface area contributed by atoms with Gasteiger partial charge in [-0.25, -0.2) is 9.79 Å². The number of methoxy groups -OCH3 is 2. The van der Waals surface area contributed by atoms with Crippen LogP contribution in [0.1, 0.15) is 44.4 Å². The van der Waals surface area contributed by atoms with E-state index in [1.165, 1.54) is 11.8 Å². The van der Waals surface area contributed by atoms with Crippen LogP contribution in [-0.2, 0) is 20.9 Å². The Bertz CT molecular complexity index is 1270. The van der Waals surface area contributed by atoms with Crippen LogP contribution in [0.25, 0.3) is 0 Å². The monoisotopic (exact) mass is 521 g/mol. The molecule has 4 rings (SSSR count). The van der Waals surface area contributed by atoms with Gasteiger partial charge in [-0.15, -0.1) is 0 Å². The Morgan fingerprint density at radius 1 is 1.08 bits per heavy atom. The fourth-order valence-electron chi connectivity index (χ4n) is 4.35. The van der Waals surface area contributed by atoms with Crippen molar-refractivity contribution in [1.82, 2.24) is 10.2 Å². The van der Waals surface area contributed by atoms with Crippen molar-refractivity contribution >= 4 is 28.8 Å². The van der Waals surface area contributed by atoms with Gasteiger partial charge in [-0.05, 0) is 37.8 Å². The Balaban J connectivity index is 1.70. The molecule has 0 aliphatic carbocycles. The van der Waals surface area contributed by atoms with E-state index in [0.717, 1.165) is 11.3 Å². The molecule has 0 bridgehead atoms. The highest BCUT2D eigenvalue weighted by atomic mass is 32.2. The summed E-state index contributed by atoms with van der Waals surface area (Å²) in [7, 11) is 3.13. The molecule has 9 heteroatoms. The number of carbonyl (C=O) groups excluding carboxylic acids is 2. The van der Waals surface area contributed by atoms with Gasteiger partial charge in [0.05, 0.1) is 44.1 Å². The molecule has 8 nitrogen and oxygen atoms in total. The summed E-state index contributed by atoms with van der Waals surface area (Å²) in [6.45, 7) is 5.84. The van der Waals surface area contributed by atoms with Crippen LogP contribution in [-0.4, -0.2) is 42.3 Å². The Morgan fingerprint density at radius 3 is 2.51 bits per heavy atom. The summed E-state index contributed by atoms with van der Waals surface area (Å²) in [6.07, 6.45) is -0.189. The van der Waals surface area contributed by atoms with Crippen LogP contribution in [0.5, 0.6) is 11.5 Å². The van der Waals surface area contributed by atoms with E-state index in [9.17, 15) is 9.59 Å². The van der Waals surface area contributed by atoms with Gasteiger partial charge in [0.1, 0.15) is 0 Å². The lowest BCUT2D eigenvalue weighted by atomic mass is 9.92. The smallest absolute Gasteiger partial charge is 0.338 e. The number of hydrogen-bond donors (Lipinski definition) is 1. The molecular formula is C28H31N3O5S. The Labute approximate surface area is 221 Å². The first-order valence-electron chi connectivity index (χ1n) is 12.0. The highest BCUT2D eigenvalue weighted by Crippen LogP contribution is 2.48. The number of nitrogens with one attached hydrogen (secondary N) is 1. The van der Waals surface area contributed by atoms with Crippen LogP contribution in [0.2, 0.25) is 0 Å². The first kappa shape index (κ1) is 26.3. The Kier molecular flexibility index (Phi) is 8.23. The molecule has 2 aliphatic heterocycles. The molecule has 0 spiro atoms. The zero-order valence-electron chi connectivity index (χ0n) is 21.6. The van der Waals surface area contributed by atoms with Gasteiger partial charge >= 0.3 is 5.97 Å². The van der Waals surface area contributed by atoms with Crippen LogP contribution in [0.15, 0.2) is 75.9 Å². The first-order chi connectivity index (χ1) is 17.8. The van der Waals surface area contributed by atoms with Crippen LogP contribution in [0.4, 0.5) is 0 Å². The number of fused-ring (bicyclic) bond motifs is 1. The molecule has 0 radical (unpaired) electrons. The fourth-order valence-corrected chi connectivity index (χ4v) is 5.32. The lowest BCUT2D eigenvalue weighted by molar-refractivity contribution is -0.143. The van der Waals surface area contributed by atoms with Crippen LogP contribution < -0.4 is 14.8 Å². The molecule has 2 aliphatic rings. The third-order valence-corrected chi connectivity index (χ3v) is 6.85. The second-order valence-corrected chi connectivity index (χ2v) is 9.71. The first-order valence-corrected chi connectivity index (χ1v) is 12.9. The molecule has 0 saturated carbocycles. The second-order valence-electron chi connectivity index (χ2n) is 8.87. The van der Waals surface area contributed by atoms with Gasteiger partial charge in [0.25, 0.3) is 0 Å². The lowest BCUT2D eigenvalue weighted by Crippen LogP contribution is -2.38. The quantitative estimate of drug-likeness (QED) is 0.468. The van der Waals surface area contributed by atoms with E-state index in [0.29, 0.717) is 40.0 Å². The largest absolute Gasteiger partial charge is 0.493 e. The fraction of sp³-hybridized carbons (Fsp3) is 0.321. The van der Waals surface area contributed by atoms with Gasteiger partial charge in [-0.3, -0.25) is 4.79 Å². The number of hydrogen-bond acceptors (Lipinski definition) is 8. The van der Waals surface area contributed by atoms with Gasteiger partial charge in [0, 0.05) is 17.8 Å². The molecule has 0 aromatic heterocycles. The number of thioether (sulfide) groups is 1. The number of nitrogens with zero attached hydrogens (tertiary/aromatic N) is 2. The van der Waals surface area contributed by atoms with Crippen LogP contribution in [0.3, 0.4) is 0 Å². The number of amides is 1. The molecule has 1 N–H and O–H groups in total. The number of ether oxygens (including phenoxy) is 3. The van der Waals surface area contributed by atoms with Gasteiger partial charge in [-0.2, -0.15) is 0 Å². The minimum atomic E-state index is -0.619. The summed E-state index contributed by atoms with van der Waals surface area (Å²) in [5.41, 5.74) is 3.40. The summed E-state index contributed by atoms with van der Waals surface area (Å²) in [4.78, 5) is 33.0. The number of allylic oxidation sites excluding steroid dienone is 1. The van der Waals surface area contributed by atoms with Crippen LogP contribution >= 0.6 is 11.8 Å². The van der Waals surface area contributed by atoms with Crippen molar-refractivity contribution in [3.05, 3.63) is 82.0 Å². The van der Waals surface area contributed by atoms with E-state index in [1.54, 1.807) is 41.1 Å². The predicted molar refractivity (Wildman–Crippen MR) is 144 cm³/mol. The highest BCUT2D eigenvalue weighted by molar-refractivity contribution is 8.16. The second kappa shape index (κ2) is 11.6. The number of rotatable bonds is 9. The number of aliphatic imine (C=N–C) groups is 1. The van der Waals surface area contributed by atoms with Gasteiger partial charge in [0.15, 0.2) is 16.7 Å². The van der Waals surface area contributed by atoms with Crippen molar-refractivity contribution < 1.29 is 23.8 Å². The van der Waals surface area contributed by atoms with E-state index in [4.69, 9.17) is 19.2 Å². The summed E-state index contributed by atoms with van der Waals surface area (Å²) in [5.74, 6) is 0.445. The predicted octanol–water partition coefficient (Wildman–Crippen LogP) is 4.94. The number of para-hydroxylation sites is 1. The minimum absolute atomic E-state index is 0.118. The van der Waals surface area contributed by atoms with E-state index < -0.39 is 12.0 Å². The van der Waals surface area contributed by atoms with E-state index in [1.807, 2.05) is 52.8 Å². The zero-order chi connectivity index (χ0) is 26.5. The molecule has 2 aromatic rings. The molecule has 37 heavy (non-hydrogen) atoms. The average molecular weight is 522 g/mol. The third kappa shape index (κ3) is 5.67. The minimum Gasteiger partial charge on any atom is -0.493 e. The average Bonchev–Trinajstić information content (AvgIpc) is 3.27. The van der Waals surface area contributed by atoms with Crippen molar-refractivity contribution in [1.29, 1.82) is 0 Å². The number of benzene rings is 2. The van der Waals surface area contributed by atoms with Crippen molar-refractivity contribution in [2.45, 2.75) is 45.9 Å². The molecule has 1 amide bonds. The standard InChI is InChI=1S/C28H31N3O5S/c1-17(2)36-27(33)24-18(3)30-28-31(25(24)21-12-9-13-22(34-4)26(21)35-5)20(16-37-28)14-23(32)29-15-19-10-7-6-8-11-19/h6-13,16-17,25H,14-15H2,1-5H3,(H,29,32)/t25-/m1/s1. The zero-order valence-corrected chi connectivity index (χ0v) is 22.4. The maximum absolute atomic E-state index is 13.4. The summed E-state index contributed by atoms with van der Waals surface area (Å²) < 4.78 is 16.9. The van der Waals surface area contributed by atoms with Gasteiger partial charge in [0.2, 0.25) is 5.91 Å². The van der Waals surface area contributed by atoms with Crippen molar-refractivity contribution in [2.24, 2.45) is 4.99 Å². The summed E-state index contributed by atoms with van der Waals surface area (Å²) >= 11 is 1.42. The molecule has 1 atom stereocenters. The molecule has 0 fully saturated rings. The molecular weight excluding hydrogens is 490 g/mol. The third-order valence-electron chi connectivity index (χ3n) is 5.97. The van der Waals surface area contributed by atoms with Crippen molar-refractivity contribution in [3.8, 4) is 11.5 Å². The van der Waals surface area contributed by atoms with Crippen molar-refractivity contribution in [2.75, 3.05) is 14.2 Å². The van der Waals surface area contributed by atoms with Gasteiger partial charge in [-0.1, -0.05) is 54.2 Å². The van der Waals surface area contributed by atoms with E-state index >= 15 is 0 Å². The molecule has 0 saturated heterocycles. The van der Waals surface area contributed by atoms with Gasteiger partial charge < -0.3 is 24.4 Å².